The van der Waals surface area contributed by atoms with Crippen molar-refractivity contribution in [2.45, 2.75) is 83.1 Å². The Balaban J connectivity index is 0.000000125. The quantitative estimate of drug-likeness (QED) is 0.135. The predicted molar refractivity (Wildman–Crippen MR) is 453 cm³/mol. The average Bonchev–Trinajstić information content (AvgIpc) is 0.783. The van der Waals surface area contributed by atoms with Gasteiger partial charge in [-0.15, -0.1) is 0 Å². The summed E-state index contributed by atoms with van der Waals surface area (Å²) >= 11 is 0. The Morgan fingerprint density at radius 3 is 1.08 bits per heavy atom. The molecule has 0 aliphatic carbocycles. The van der Waals surface area contributed by atoms with E-state index in [1.807, 2.05) is 147 Å². The zero-order valence-corrected chi connectivity index (χ0v) is 64.4. The largest absolute Gasteiger partial charge is 0.265 e. The molecule has 12 nitrogen and oxygen atoms in total. The molecule has 0 unspecified atom stereocenters. The van der Waals surface area contributed by atoms with E-state index in [0.29, 0.717) is 0 Å². The van der Waals surface area contributed by atoms with Gasteiger partial charge in [0, 0.05) is 95.5 Å². The van der Waals surface area contributed by atoms with Gasteiger partial charge in [0.25, 0.3) is 0 Å². The average molecular weight is 1430 g/mol. The van der Waals surface area contributed by atoms with Gasteiger partial charge in [-0.25, -0.2) is 15.0 Å². The number of nitrogens with zero attached hydrogens (tertiary/aromatic N) is 12. The molecule has 110 heavy (non-hydrogen) atoms. The Hall–Kier alpha value is -13.6. The zero-order chi connectivity index (χ0) is 76.9. The van der Waals surface area contributed by atoms with Crippen LogP contribution in [-0.4, -0.2) is 59.8 Å². The number of hydrogen-bond donors (Lipinski definition) is 0. The Bertz CT molecular complexity index is 5690. The lowest BCUT2D eigenvalue weighted by Gasteiger charge is -2.13. The van der Waals surface area contributed by atoms with Crippen LogP contribution in [0, 0.1) is 83.1 Å². The fraction of sp³-hybridized carbons (Fsp3) is 0.122. The number of benzene rings is 5. The third kappa shape index (κ3) is 19.3. The van der Waals surface area contributed by atoms with E-state index >= 15 is 0 Å². The standard InChI is InChI=1S/C27H21N.2C17H15N3.C13H13N.2C12H12N2/c1-18-15-26(24-13-11-20-7-3-5-9-22(20)16-24)28-27(19(18)2)25-14-12-21-8-4-6-10-23(21)17-25;1-12-11-16(14-3-7-18-8-4-14)20-17(13(12)2)15-5-9-19-10-6-15;1-12-11-16(14-7-3-5-9-18-14)20-17(13(12)2)15-8-4-6-10-19-15;1-10-6-7-12(9-11(10)2)13-5-3-4-8-14-13;1-9-6-7-12(14-10(9)2)11-5-3-4-8-13-11;1-9-6-8-14-12(10(9)2)11-5-3-4-7-13-11/h3-17H,1-2H3;2*3-11H,1-2H3;3-9H,1-2H3;2*3-8H,1-2H3. The van der Waals surface area contributed by atoms with E-state index in [0.717, 1.165) is 102 Å². The van der Waals surface area contributed by atoms with Gasteiger partial charge in [0.2, 0.25) is 0 Å². The molecule has 12 aromatic heterocycles. The molecule has 17 rings (SSSR count). The normalized spacial score (nSPS) is 10.5. The summed E-state index contributed by atoms with van der Waals surface area (Å²) in [4.78, 5) is 53.2. The summed E-state index contributed by atoms with van der Waals surface area (Å²) < 4.78 is 0. The molecular weight excluding hydrogens is 1350 g/mol. The molecule has 0 N–H and O–H groups in total. The monoisotopic (exact) mass is 1430 g/mol. The third-order valence-corrected chi connectivity index (χ3v) is 19.6. The van der Waals surface area contributed by atoms with Gasteiger partial charge in [0.05, 0.1) is 74.0 Å². The summed E-state index contributed by atoms with van der Waals surface area (Å²) in [7, 11) is 0. The topological polar surface area (TPSA) is 155 Å². The number of fused-ring (bicyclic) bond motifs is 2. The van der Waals surface area contributed by atoms with Crippen LogP contribution in [0.15, 0.2) is 317 Å². The van der Waals surface area contributed by atoms with E-state index in [9.17, 15) is 0 Å². The molecule has 540 valence electrons. The lowest BCUT2D eigenvalue weighted by atomic mass is 9.97. The van der Waals surface area contributed by atoms with Gasteiger partial charge in [0.15, 0.2) is 0 Å². The summed E-state index contributed by atoms with van der Waals surface area (Å²) in [6, 6.07) is 86.4. The summed E-state index contributed by atoms with van der Waals surface area (Å²) in [6.07, 6.45) is 18.0. The van der Waals surface area contributed by atoms with Gasteiger partial charge >= 0.3 is 0 Å². The lowest BCUT2D eigenvalue weighted by Crippen LogP contribution is -1.97. The van der Waals surface area contributed by atoms with Gasteiger partial charge in [-0.05, 0) is 299 Å². The van der Waals surface area contributed by atoms with Crippen LogP contribution in [0.25, 0.3) is 123 Å². The van der Waals surface area contributed by atoms with Gasteiger partial charge in [-0.3, -0.25) is 44.9 Å². The van der Waals surface area contributed by atoms with E-state index in [2.05, 4.69) is 248 Å². The maximum atomic E-state index is 5.09. The minimum Gasteiger partial charge on any atom is -0.265 e. The van der Waals surface area contributed by atoms with E-state index in [1.54, 1.807) is 49.6 Å². The van der Waals surface area contributed by atoms with E-state index in [-0.39, 0.29) is 0 Å². The molecule has 0 radical (unpaired) electrons. The highest BCUT2D eigenvalue weighted by molar-refractivity contribution is 5.89. The predicted octanol–water partition coefficient (Wildman–Crippen LogP) is 23.9. The van der Waals surface area contributed by atoms with Crippen molar-refractivity contribution in [1.82, 2.24) is 59.8 Å². The summed E-state index contributed by atoms with van der Waals surface area (Å²) in [5.41, 5.74) is 32.8. The molecule has 0 spiro atoms. The van der Waals surface area contributed by atoms with Crippen LogP contribution >= 0.6 is 0 Å². The van der Waals surface area contributed by atoms with Crippen LogP contribution in [0.4, 0.5) is 0 Å². The second-order valence-electron chi connectivity index (χ2n) is 27.1. The van der Waals surface area contributed by atoms with Crippen molar-refractivity contribution in [3.8, 4) is 102 Å². The van der Waals surface area contributed by atoms with Crippen LogP contribution in [0.2, 0.25) is 0 Å². The molecule has 0 aliphatic rings. The summed E-state index contributed by atoms with van der Waals surface area (Å²) in [6.45, 7) is 25.2. The highest BCUT2D eigenvalue weighted by atomic mass is 14.8. The van der Waals surface area contributed by atoms with Crippen molar-refractivity contribution in [2.24, 2.45) is 0 Å². The molecule has 12 heteroatoms. The first-order valence-corrected chi connectivity index (χ1v) is 36.8. The Labute approximate surface area is 646 Å². The lowest BCUT2D eigenvalue weighted by molar-refractivity contribution is 1.14. The van der Waals surface area contributed by atoms with Crippen LogP contribution < -0.4 is 0 Å². The van der Waals surface area contributed by atoms with Gasteiger partial charge in [-0.1, -0.05) is 121 Å². The molecule has 0 saturated heterocycles. The first-order chi connectivity index (χ1) is 53.5. The van der Waals surface area contributed by atoms with Crippen molar-refractivity contribution in [3.05, 3.63) is 384 Å². The second kappa shape index (κ2) is 36.6. The van der Waals surface area contributed by atoms with E-state index in [1.165, 1.54) is 88.3 Å². The molecule has 0 fully saturated rings. The minimum atomic E-state index is 0.882. The Kier molecular flexibility index (Phi) is 25.3. The highest BCUT2D eigenvalue weighted by Crippen LogP contribution is 2.34. The molecule has 12 heterocycles. The van der Waals surface area contributed by atoms with Crippen LogP contribution in [-0.2, 0) is 0 Å². The summed E-state index contributed by atoms with van der Waals surface area (Å²) in [5, 5.41) is 5.00. The van der Waals surface area contributed by atoms with Crippen LogP contribution in [0.1, 0.15) is 66.9 Å². The number of aryl methyl sites for hydroxylation is 8. The Morgan fingerprint density at radius 2 is 0.564 bits per heavy atom. The van der Waals surface area contributed by atoms with Crippen molar-refractivity contribution >= 4 is 21.5 Å². The molecular formula is C98H88N12. The van der Waals surface area contributed by atoms with Crippen molar-refractivity contribution in [3.63, 3.8) is 0 Å². The van der Waals surface area contributed by atoms with E-state index < -0.39 is 0 Å². The molecule has 5 aromatic carbocycles. The summed E-state index contributed by atoms with van der Waals surface area (Å²) in [5.74, 6) is 0. The van der Waals surface area contributed by atoms with Crippen LogP contribution in [0.5, 0.6) is 0 Å². The first-order valence-electron chi connectivity index (χ1n) is 36.8. The van der Waals surface area contributed by atoms with Gasteiger partial charge in [-0.2, -0.15) is 0 Å². The van der Waals surface area contributed by atoms with Crippen LogP contribution in [0.3, 0.4) is 0 Å². The molecule has 0 atom stereocenters. The maximum Gasteiger partial charge on any atom is 0.0926 e. The zero-order valence-electron chi connectivity index (χ0n) is 64.4. The Morgan fingerprint density at radius 1 is 0.173 bits per heavy atom. The minimum absolute atomic E-state index is 0.882. The van der Waals surface area contributed by atoms with Crippen molar-refractivity contribution in [1.29, 1.82) is 0 Å². The number of rotatable bonds is 9. The highest BCUT2D eigenvalue weighted by Gasteiger charge is 2.15. The maximum absolute atomic E-state index is 5.09. The first kappa shape index (κ1) is 76.1. The van der Waals surface area contributed by atoms with Crippen molar-refractivity contribution < 1.29 is 0 Å². The fourth-order valence-corrected chi connectivity index (χ4v) is 12.3. The molecule has 0 aliphatic heterocycles. The number of pyridine rings is 12. The number of aromatic nitrogens is 12. The van der Waals surface area contributed by atoms with E-state index in [4.69, 9.17) is 15.0 Å². The molecule has 0 amide bonds. The van der Waals surface area contributed by atoms with Gasteiger partial charge in [0.1, 0.15) is 0 Å². The molecule has 0 saturated carbocycles. The smallest absolute Gasteiger partial charge is 0.0926 e. The molecule has 0 bridgehead atoms. The fourth-order valence-electron chi connectivity index (χ4n) is 12.3. The number of hydrogen-bond acceptors (Lipinski definition) is 12. The third-order valence-electron chi connectivity index (χ3n) is 19.6. The SMILES string of the molecule is Cc1cc(-c2ccc3ccccc3c2)nc(-c2ccc3ccccc3c2)c1C.Cc1cc(-c2ccccn2)nc(-c2ccccn2)c1C.Cc1cc(-c2ccncc2)nc(-c2ccncc2)c1C.Cc1ccc(-c2ccccn2)cc1C.Cc1ccc(-c2ccccn2)nc1C.Cc1ccnc(-c2ccccn2)c1C. The second-order valence-corrected chi connectivity index (χ2v) is 27.1. The van der Waals surface area contributed by atoms with Gasteiger partial charge < -0.3 is 0 Å². The van der Waals surface area contributed by atoms with Crippen molar-refractivity contribution in [2.75, 3.05) is 0 Å². The molecule has 17 aromatic rings.